The number of ether oxygens (including phenoxy) is 1. The maximum Gasteiger partial charge on any atom is 0.156 e. The summed E-state index contributed by atoms with van der Waals surface area (Å²) < 4.78 is 37.0. The van der Waals surface area contributed by atoms with Gasteiger partial charge in [0, 0.05) is 42.6 Å². The molecule has 1 aliphatic heterocycles. The first-order chi connectivity index (χ1) is 18.6. The SMILES string of the molecule is C#CC(C)C.CC12CC(c3c(F)cc(N4CCOCC4)cc3F)C3=C4CCC(=O)C=C4CCC3C1CCC2O. The number of rotatable bonds is 2. The highest BCUT2D eigenvalue weighted by atomic mass is 19.1. The number of terminal acetylenes is 1. The van der Waals surface area contributed by atoms with E-state index in [1.54, 1.807) is 6.08 Å². The molecule has 5 aliphatic rings. The van der Waals surface area contributed by atoms with Crippen molar-refractivity contribution in [3.63, 3.8) is 0 Å². The van der Waals surface area contributed by atoms with E-state index >= 15 is 8.78 Å². The van der Waals surface area contributed by atoms with E-state index in [0.29, 0.717) is 63.1 Å². The van der Waals surface area contributed by atoms with Crippen LogP contribution >= 0.6 is 0 Å². The fourth-order valence-electron chi connectivity index (χ4n) is 7.80. The number of halogens is 2. The Hall–Kier alpha value is -2.49. The minimum atomic E-state index is -0.504. The number of fused-ring (bicyclic) bond motifs is 4. The third-order valence-corrected chi connectivity index (χ3v) is 9.80. The molecule has 1 aromatic carbocycles. The molecule has 210 valence electrons. The van der Waals surface area contributed by atoms with E-state index < -0.39 is 23.7 Å². The molecule has 0 amide bonds. The second-order valence-electron chi connectivity index (χ2n) is 12.4. The van der Waals surface area contributed by atoms with Gasteiger partial charge in [-0.3, -0.25) is 4.79 Å². The smallest absolute Gasteiger partial charge is 0.156 e. The van der Waals surface area contributed by atoms with Gasteiger partial charge in [-0.25, -0.2) is 8.78 Å². The van der Waals surface area contributed by atoms with E-state index in [-0.39, 0.29) is 22.7 Å². The summed E-state index contributed by atoms with van der Waals surface area (Å²) in [5.74, 6) is 2.20. The Morgan fingerprint density at radius 1 is 1.10 bits per heavy atom. The third-order valence-electron chi connectivity index (χ3n) is 9.80. The standard InChI is InChI=1S/C28H33F2NO3.C5H8/c1-28-15-21(27-23(29)13-17(14-24(27)30)31-8-10-34-11-9-31)26-19-5-3-18(32)12-16(19)2-4-20(26)22(28)6-7-25(28)33;1-4-5(2)3/h12-14,20-22,25,33H,2-11,15H2,1H3;1,5H,2-3H3. The van der Waals surface area contributed by atoms with E-state index in [4.69, 9.17) is 11.2 Å². The van der Waals surface area contributed by atoms with E-state index in [1.807, 2.05) is 18.7 Å². The van der Waals surface area contributed by atoms with E-state index in [2.05, 4.69) is 12.8 Å². The first-order valence-electron chi connectivity index (χ1n) is 14.6. The number of anilines is 1. The summed E-state index contributed by atoms with van der Waals surface area (Å²) >= 11 is 0. The number of aliphatic hydroxyl groups is 1. The molecule has 5 unspecified atom stereocenters. The second kappa shape index (κ2) is 11.2. The van der Waals surface area contributed by atoms with Crippen LogP contribution in [0.15, 0.2) is 34.9 Å². The minimum absolute atomic E-state index is 0.140. The van der Waals surface area contributed by atoms with E-state index in [1.165, 1.54) is 17.7 Å². The molecular weight excluding hydrogens is 496 g/mol. The lowest BCUT2D eigenvalue weighted by atomic mass is 9.53. The van der Waals surface area contributed by atoms with Crippen molar-refractivity contribution in [2.45, 2.75) is 77.7 Å². The summed E-state index contributed by atoms with van der Waals surface area (Å²) in [5, 5.41) is 11.0. The maximum atomic E-state index is 15.8. The molecule has 0 spiro atoms. The molecule has 0 radical (unpaired) electrons. The van der Waals surface area contributed by atoms with Crippen LogP contribution in [0.25, 0.3) is 0 Å². The van der Waals surface area contributed by atoms with Gasteiger partial charge in [0.2, 0.25) is 0 Å². The number of hydrogen-bond acceptors (Lipinski definition) is 4. The number of allylic oxidation sites excluding steroid dienone is 4. The highest BCUT2D eigenvalue weighted by Gasteiger charge is 2.57. The van der Waals surface area contributed by atoms with Crippen molar-refractivity contribution in [3.8, 4) is 12.3 Å². The predicted octanol–water partition coefficient (Wildman–Crippen LogP) is 6.34. The van der Waals surface area contributed by atoms with Crippen LogP contribution in [0, 0.1) is 47.1 Å². The Morgan fingerprint density at radius 2 is 1.77 bits per heavy atom. The van der Waals surface area contributed by atoms with Gasteiger partial charge < -0.3 is 14.7 Å². The number of benzene rings is 1. The molecule has 2 saturated carbocycles. The topological polar surface area (TPSA) is 49.8 Å². The number of aliphatic hydroxyl groups excluding tert-OH is 1. The highest BCUT2D eigenvalue weighted by Crippen LogP contribution is 2.64. The van der Waals surface area contributed by atoms with Gasteiger partial charge in [0.15, 0.2) is 5.78 Å². The summed E-state index contributed by atoms with van der Waals surface area (Å²) in [5.41, 5.74) is 3.73. The molecule has 0 bridgehead atoms. The van der Waals surface area contributed by atoms with E-state index in [0.717, 1.165) is 36.8 Å². The zero-order valence-corrected chi connectivity index (χ0v) is 23.4. The first-order valence-corrected chi connectivity index (χ1v) is 14.6. The van der Waals surface area contributed by atoms with Crippen LogP contribution in [0.1, 0.15) is 77.2 Å². The average molecular weight is 538 g/mol. The summed E-state index contributed by atoms with van der Waals surface area (Å²) in [7, 11) is 0. The van der Waals surface area contributed by atoms with Crippen molar-refractivity contribution in [1.29, 1.82) is 0 Å². The van der Waals surface area contributed by atoms with Crippen LogP contribution < -0.4 is 4.90 Å². The molecular formula is C33H41F2NO3. The van der Waals surface area contributed by atoms with Gasteiger partial charge >= 0.3 is 0 Å². The number of carbonyl (C=O) groups is 1. The first kappa shape index (κ1) is 28.1. The number of nitrogens with zero attached hydrogens (tertiary/aromatic N) is 1. The summed E-state index contributed by atoms with van der Waals surface area (Å²) in [6.07, 6.45) is 11.3. The van der Waals surface area contributed by atoms with Crippen molar-refractivity contribution < 1.29 is 23.4 Å². The van der Waals surface area contributed by atoms with Gasteiger partial charge in [-0.15, -0.1) is 12.3 Å². The lowest BCUT2D eigenvalue weighted by molar-refractivity contribution is -0.114. The van der Waals surface area contributed by atoms with Crippen LogP contribution in [0.4, 0.5) is 14.5 Å². The summed E-state index contributed by atoms with van der Waals surface area (Å²) in [4.78, 5) is 14.1. The van der Waals surface area contributed by atoms with Crippen LogP contribution in [-0.4, -0.2) is 43.3 Å². The molecule has 39 heavy (non-hydrogen) atoms. The van der Waals surface area contributed by atoms with Crippen molar-refractivity contribution >= 4 is 11.5 Å². The Labute approximate surface area is 231 Å². The minimum Gasteiger partial charge on any atom is -0.393 e. The zero-order chi connectivity index (χ0) is 27.9. The normalized spacial score (nSPS) is 32.0. The Bertz CT molecular complexity index is 1200. The summed E-state index contributed by atoms with van der Waals surface area (Å²) in [6, 6.07) is 2.96. The number of hydrogen-bond donors (Lipinski definition) is 1. The lowest BCUT2D eigenvalue weighted by Gasteiger charge is -2.52. The molecule has 4 aliphatic carbocycles. The Morgan fingerprint density at radius 3 is 2.41 bits per heavy atom. The molecule has 0 aromatic heterocycles. The largest absolute Gasteiger partial charge is 0.393 e. The van der Waals surface area contributed by atoms with Gasteiger partial charge in [0.25, 0.3) is 0 Å². The monoisotopic (exact) mass is 537 g/mol. The van der Waals surface area contributed by atoms with Gasteiger partial charge in [-0.05, 0) is 85.1 Å². The number of morpholine rings is 1. The van der Waals surface area contributed by atoms with Gasteiger partial charge in [0.05, 0.1) is 19.3 Å². The highest BCUT2D eigenvalue weighted by molar-refractivity contribution is 5.93. The third kappa shape index (κ3) is 5.21. The Kier molecular flexibility index (Phi) is 8.04. The molecule has 6 heteroatoms. The van der Waals surface area contributed by atoms with Gasteiger partial charge in [0.1, 0.15) is 11.6 Å². The van der Waals surface area contributed by atoms with Crippen LogP contribution in [-0.2, 0) is 9.53 Å². The van der Waals surface area contributed by atoms with Crippen LogP contribution in [0.2, 0.25) is 0 Å². The van der Waals surface area contributed by atoms with Gasteiger partial charge in [-0.2, -0.15) is 0 Å². The average Bonchev–Trinajstić information content (AvgIpc) is 3.22. The number of ketones is 1. The molecule has 1 aromatic rings. The van der Waals surface area contributed by atoms with Crippen molar-refractivity contribution in [3.05, 3.63) is 52.1 Å². The molecule has 4 nitrogen and oxygen atoms in total. The van der Waals surface area contributed by atoms with Crippen LogP contribution in [0.3, 0.4) is 0 Å². The predicted molar refractivity (Wildman–Crippen MR) is 149 cm³/mol. The molecule has 1 N–H and O–H groups in total. The second-order valence-corrected chi connectivity index (χ2v) is 12.4. The summed E-state index contributed by atoms with van der Waals surface area (Å²) in [6.45, 7) is 8.44. The fraction of sp³-hybridized carbons (Fsp3) is 0.606. The fourth-order valence-corrected chi connectivity index (χ4v) is 7.80. The molecule has 5 atom stereocenters. The van der Waals surface area contributed by atoms with Crippen molar-refractivity contribution in [2.75, 3.05) is 31.2 Å². The molecule has 6 rings (SSSR count). The van der Waals surface area contributed by atoms with Gasteiger partial charge in [-0.1, -0.05) is 26.3 Å². The van der Waals surface area contributed by atoms with Crippen molar-refractivity contribution in [1.82, 2.24) is 0 Å². The van der Waals surface area contributed by atoms with E-state index in [9.17, 15) is 9.90 Å². The quantitative estimate of drug-likeness (QED) is 0.448. The zero-order valence-electron chi connectivity index (χ0n) is 23.4. The molecule has 1 saturated heterocycles. The van der Waals surface area contributed by atoms with Crippen LogP contribution in [0.5, 0.6) is 0 Å². The van der Waals surface area contributed by atoms with Crippen molar-refractivity contribution in [2.24, 2.45) is 23.2 Å². The molecule has 3 fully saturated rings. The maximum absolute atomic E-state index is 15.8. The lowest BCUT2D eigenvalue weighted by Crippen LogP contribution is -2.45. The molecule has 1 heterocycles. The Balaban J connectivity index is 0.000000567. The number of carbonyl (C=O) groups excluding carboxylic acids is 1.